The van der Waals surface area contributed by atoms with E-state index in [4.69, 9.17) is 9.84 Å². The zero-order chi connectivity index (χ0) is 13.2. The molecule has 1 aliphatic heterocycles. The zero-order valence-electron chi connectivity index (χ0n) is 10.9. The molecule has 1 amide bonds. The van der Waals surface area contributed by atoms with Crippen LogP contribution in [0.3, 0.4) is 0 Å². The van der Waals surface area contributed by atoms with E-state index >= 15 is 0 Å². The summed E-state index contributed by atoms with van der Waals surface area (Å²) in [6.07, 6.45) is 0.886. The number of rotatable bonds is 4. The number of amides is 1. The van der Waals surface area contributed by atoms with Crippen molar-refractivity contribution in [3.63, 3.8) is 0 Å². The zero-order valence-corrected chi connectivity index (χ0v) is 10.9. The third-order valence-electron chi connectivity index (χ3n) is 3.60. The Balaban J connectivity index is 2.87. The standard InChI is InChI=1S/C12H21NO4/c1-5-12(2,3)11(16)13-7-8(17-4)6-9(13)10(14)15/h8-9H,5-7H2,1-4H3,(H,14,15). The lowest BCUT2D eigenvalue weighted by molar-refractivity contribution is -0.152. The van der Waals surface area contributed by atoms with Gasteiger partial charge in [-0.25, -0.2) is 4.79 Å². The van der Waals surface area contributed by atoms with Crippen molar-refractivity contribution < 1.29 is 19.4 Å². The highest BCUT2D eigenvalue weighted by molar-refractivity contribution is 5.87. The van der Waals surface area contributed by atoms with Crippen molar-refractivity contribution in [3.05, 3.63) is 0 Å². The normalized spacial score (nSPS) is 25.1. The van der Waals surface area contributed by atoms with Crippen LogP contribution in [0, 0.1) is 5.41 Å². The number of aliphatic carboxylic acids is 1. The maximum atomic E-state index is 12.3. The largest absolute Gasteiger partial charge is 0.480 e. The van der Waals surface area contributed by atoms with Crippen LogP contribution in [0.5, 0.6) is 0 Å². The molecule has 0 aliphatic carbocycles. The SMILES string of the molecule is CCC(C)(C)C(=O)N1CC(OC)CC1C(=O)O. The van der Waals surface area contributed by atoms with Gasteiger partial charge in [0, 0.05) is 25.5 Å². The monoisotopic (exact) mass is 243 g/mol. The molecule has 98 valence electrons. The van der Waals surface area contributed by atoms with E-state index in [1.165, 1.54) is 4.90 Å². The number of hydrogen-bond donors (Lipinski definition) is 1. The lowest BCUT2D eigenvalue weighted by Crippen LogP contribution is -2.46. The number of ether oxygens (including phenoxy) is 1. The molecular weight excluding hydrogens is 222 g/mol. The van der Waals surface area contributed by atoms with E-state index in [1.807, 2.05) is 20.8 Å². The van der Waals surface area contributed by atoms with Crippen molar-refractivity contribution >= 4 is 11.9 Å². The summed E-state index contributed by atoms with van der Waals surface area (Å²) in [7, 11) is 1.54. The Kier molecular flexibility index (Phi) is 4.14. The highest BCUT2D eigenvalue weighted by Crippen LogP contribution is 2.29. The van der Waals surface area contributed by atoms with Crippen molar-refractivity contribution in [1.29, 1.82) is 0 Å². The molecule has 0 saturated carbocycles. The van der Waals surface area contributed by atoms with Gasteiger partial charge in [-0.2, -0.15) is 0 Å². The molecule has 5 heteroatoms. The van der Waals surface area contributed by atoms with Gasteiger partial charge in [-0.15, -0.1) is 0 Å². The van der Waals surface area contributed by atoms with E-state index < -0.39 is 17.4 Å². The first-order chi connectivity index (χ1) is 7.83. The van der Waals surface area contributed by atoms with E-state index in [0.29, 0.717) is 19.4 Å². The Morgan fingerprint density at radius 1 is 1.47 bits per heavy atom. The maximum Gasteiger partial charge on any atom is 0.326 e. The third-order valence-corrected chi connectivity index (χ3v) is 3.60. The van der Waals surface area contributed by atoms with Gasteiger partial charge < -0.3 is 14.7 Å². The number of nitrogens with zero attached hydrogens (tertiary/aromatic N) is 1. The fourth-order valence-corrected chi connectivity index (χ4v) is 1.97. The first-order valence-corrected chi connectivity index (χ1v) is 5.90. The topological polar surface area (TPSA) is 66.8 Å². The Hall–Kier alpha value is -1.10. The molecule has 0 aromatic rings. The Labute approximate surface area is 102 Å². The van der Waals surface area contributed by atoms with Crippen LogP contribution in [0.15, 0.2) is 0 Å². The molecule has 1 heterocycles. The van der Waals surface area contributed by atoms with Crippen molar-refractivity contribution in [2.45, 2.75) is 45.8 Å². The quantitative estimate of drug-likeness (QED) is 0.803. The van der Waals surface area contributed by atoms with Crippen molar-refractivity contribution in [2.24, 2.45) is 5.41 Å². The molecule has 0 aromatic carbocycles. The van der Waals surface area contributed by atoms with Crippen LogP contribution >= 0.6 is 0 Å². The number of hydrogen-bond acceptors (Lipinski definition) is 3. The van der Waals surface area contributed by atoms with Crippen LogP contribution < -0.4 is 0 Å². The highest BCUT2D eigenvalue weighted by Gasteiger charge is 2.43. The second-order valence-corrected chi connectivity index (χ2v) is 5.14. The van der Waals surface area contributed by atoms with Crippen LogP contribution in [0.25, 0.3) is 0 Å². The summed E-state index contributed by atoms with van der Waals surface area (Å²) >= 11 is 0. The van der Waals surface area contributed by atoms with Crippen LogP contribution in [-0.2, 0) is 14.3 Å². The summed E-state index contributed by atoms with van der Waals surface area (Å²) in [5, 5.41) is 9.13. The van der Waals surface area contributed by atoms with Gasteiger partial charge in [0.1, 0.15) is 6.04 Å². The molecule has 0 aromatic heterocycles. The Bertz CT molecular complexity index is 314. The molecule has 2 atom stereocenters. The molecule has 5 nitrogen and oxygen atoms in total. The fraction of sp³-hybridized carbons (Fsp3) is 0.833. The number of carbonyl (C=O) groups is 2. The van der Waals surface area contributed by atoms with Gasteiger partial charge in [-0.3, -0.25) is 4.79 Å². The van der Waals surface area contributed by atoms with Gasteiger partial charge in [0.25, 0.3) is 0 Å². The average Bonchev–Trinajstić information content (AvgIpc) is 2.71. The summed E-state index contributed by atoms with van der Waals surface area (Å²) in [5.74, 6) is -1.06. The summed E-state index contributed by atoms with van der Waals surface area (Å²) in [6.45, 7) is 5.98. The third kappa shape index (κ3) is 2.77. The van der Waals surface area contributed by atoms with Crippen molar-refractivity contribution in [3.8, 4) is 0 Å². The molecule has 0 bridgehead atoms. The summed E-state index contributed by atoms with van der Waals surface area (Å²) in [5.41, 5.74) is -0.518. The minimum atomic E-state index is -0.954. The minimum Gasteiger partial charge on any atom is -0.480 e. The molecule has 0 radical (unpaired) electrons. The Morgan fingerprint density at radius 2 is 2.06 bits per heavy atom. The van der Waals surface area contributed by atoms with E-state index in [2.05, 4.69) is 0 Å². The summed E-state index contributed by atoms with van der Waals surface area (Å²) in [6, 6.07) is -0.752. The van der Waals surface area contributed by atoms with E-state index in [0.717, 1.165) is 0 Å². The predicted molar refractivity (Wildman–Crippen MR) is 62.6 cm³/mol. The van der Waals surface area contributed by atoms with Gasteiger partial charge in [0.05, 0.1) is 6.10 Å². The first kappa shape index (κ1) is 14.0. The Morgan fingerprint density at radius 3 is 2.47 bits per heavy atom. The molecule has 1 aliphatic rings. The lowest BCUT2D eigenvalue weighted by atomic mass is 9.88. The molecule has 1 rings (SSSR count). The molecule has 1 N–H and O–H groups in total. The lowest BCUT2D eigenvalue weighted by Gasteiger charge is -2.30. The molecule has 1 saturated heterocycles. The average molecular weight is 243 g/mol. The van der Waals surface area contributed by atoms with Gasteiger partial charge in [0.15, 0.2) is 0 Å². The number of carboxylic acids is 1. The number of likely N-dealkylation sites (tertiary alicyclic amines) is 1. The van der Waals surface area contributed by atoms with E-state index in [1.54, 1.807) is 7.11 Å². The van der Waals surface area contributed by atoms with E-state index in [9.17, 15) is 9.59 Å². The van der Waals surface area contributed by atoms with Crippen LogP contribution in [0.2, 0.25) is 0 Å². The molecular formula is C12H21NO4. The molecule has 2 unspecified atom stereocenters. The molecule has 1 fully saturated rings. The van der Waals surface area contributed by atoms with Gasteiger partial charge in [-0.1, -0.05) is 20.8 Å². The summed E-state index contributed by atoms with van der Waals surface area (Å²) in [4.78, 5) is 24.9. The fourth-order valence-electron chi connectivity index (χ4n) is 1.97. The van der Waals surface area contributed by atoms with Crippen LogP contribution in [-0.4, -0.2) is 47.7 Å². The summed E-state index contributed by atoms with van der Waals surface area (Å²) < 4.78 is 5.16. The van der Waals surface area contributed by atoms with Crippen molar-refractivity contribution in [1.82, 2.24) is 4.90 Å². The molecule has 17 heavy (non-hydrogen) atoms. The maximum absolute atomic E-state index is 12.3. The van der Waals surface area contributed by atoms with Gasteiger partial charge in [0.2, 0.25) is 5.91 Å². The smallest absolute Gasteiger partial charge is 0.326 e. The predicted octanol–water partition coefficient (Wildman–Crippen LogP) is 1.12. The number of carbonyl (C=O) groups excluding carboxylic acids is 1. The minimum absolute atomic E-state index is 0.105. The highest BCUT2D eigenvalue weighted by atomic mass is 16.5. The number of carboxylic acid groups (broad SMARTS) is 1. The van der Waals surface area contributed by atoms with Gasteiger partial charge in [-0.05, 0) is 6.42 Å². The number of methoxy groups -OCH3 is 1. The van der Waals surface area contributed by atoms with Gasteiger partial charge >= 0.3 is 5.97 Å². The van der Waals surface area contributed by atoms with Crippen molar-refractivity contribution in [2.75, 3.05) is 13.7 Å². The van der Waals surface area contributed by atoms with Crippen LogP contribution in [0.1, 0.15) is 33.6 Å². The second-order valence-electron chi connectivity index (χ2n) is 5.14. The van der Waals surface area contributed by atoms with E-state index in [-0.39, 0.29) is 12.0 Å². The second kappa shape index (κ2) is 5.04. The first-order valence-electron chi connectivity index (χ1n) is 5.90. The molecule has 0 spiro atoms. The van der Waals surface area contributed by atoms with Crippen LogP contribution in [0.4, 0.5) is 0 Å².